The third-order valence-corrected chi connectivity index (χ3v) is 18.4. The summed E-state index contributed by atoms with van der Waals surface area (Å²) in [6.07, 6.45) is 9.72. The van der Waals surface area contributed by atoms with Crippen LogP contribution in [-0.4, -0.2) is 33.2 Å². The van der Waals surface area contributed by atoms with E-state index in [4.69, 9.17) is 14.6 Å². The van der Waals surface area contributed by atoms with Crippen LogP contribution < -0.4 is 0 Å². The van der Waals surface area contributed by atoms with Crippen molar-refractivity contribution in [3.63, 3.8) is 0 Å². The summed E-state index contributed by atoms with van der Waals surface area (Å²) in [7, 11) is 0. The summed E-state index contributed by atoms with van der Waals surface area (Å²) in [4.78, 5) is 36.3. The second kappa shape index (κ2) is 33.8. The number of ether oxygens (including phenoxy) is 2. The first-order valence-corrected chi connectivity index (χ1v) is 33.8. The molecular formula is C84H96O8. The van der Waals surface area contributed by atoms with E-state index in [1.165, 1.54) is 65.3 Å². The van der Waals surface area contributed by atoms with Crippen molar-refractivity contribution in [3.05, 3.63) is 216 Å². The van der Waals surface area contributed by atoms with Gasteiger partial charge in [-0.05, 0) is 176 Å². The highest BCUT2D eigenvalue weighted by atomic mass is 16.5. The summed E-state index contributed by atoms with van der Waals surface area (Å²) in [6.45, 7) is 19.9. The van der Waals surface area contributed by atoms with Gasteiger partial charge in [0.15, 0.2) is 0 Å². The third-order valence-electron chi connectivity index (χ3n) is 18.4. The number of hydrogen-bond acceptors (Lipinski definition) is 7. The molecule has 0 radical (unpaired) electrons. The molecule has 0 bridgehead atoms. The molecule has 0 saturated carbocycles. The van der Waals surface area contributed by atoms with E-state index in [1.807, 2.05) is 45.0 Å². The van der Waals surface area contributed by atoms with E-state index in [2.05, 4.69) is 204 Å². The topological polar surface area (TPSA) is 130 Å². The lowest BCUT2D eigenvalue weighted by Crippen LogP contribution is -2.19. The van der Waals surface area contributed by atoms with Gasteiger partial charge in [-0.3, -0.25) is 14.4 Å². The van der Waals surface area contributed by atoms with Crippen LogP contribution >= 0.6 is 0 Å². The van der Waals surface area contributed by atoms with Crippen LogP contribution in [0.4, 0.5) is 0 Å². The van der Waals surface area contributed by atoms with E-state index in [-0.39, 0.29) is 41.9 Å². The fourth-order valence-electron chi connectivity index (χ4n) is 12.7. The molecule has 0 aromatic heterocycles. The highest BCUT2D eigenvalue weighted by Gasteiger charge is 2.24. The molecule has 10 rings (SSSR count). The molecule has 0 aliphatic rings. The molecule has 0 fully saturated rings. The zero-order valence-electron chi connectivity index (χ0n) is 55.9. The Morgan fingerprint density at radius 3 is 0.739 bits per heavy atom. The second-order valence-corrected chi connectivity index (χ2v) is 24.8. The van der Waals surface area contributed by atoms with Crippen molar-refractivity contribution in [2.45, 2.75) is 171 Å². The number of carboxylic acids is 1. The fraction of sp³-hybridized carbons (Fsp3) is 0.345. The number of benzene rings is 10. The maximum atomic E-state index is 12.9. The molecule has 7 unspecified atom stereocenters. The van der Waals surface area contributed by atoms with Gasteiger partial charge in [0.05, 0.1) is 30.0 Å². The molecule has 3 N–H and O–H groups in total. The largest absolute Gasteiger partial charge is 0.481 e. The van der Waals surface area contributed by atoms with Crippen molar-refractivity contribution in [1.29, 1.82) is 0 Å². The van der Waals surface area contributed by atoms with Gasteiger partial charge in [-0.15, -0.1) is 0 Å². The van der Waals surface area contributed by atoms with Gasteiger partial charge in [0.2, 0.25) is 0 Å². The molecular weight excluding hydrogens is 1140 g/mol. The summed E-state index contributed by atoms with van der Waals surface area (Å²) in [6, 6.07) is 67.8. The van der Waals surface area contributed by atoms with Crippen LogP contribution in [0.3, 0.4) is 0 Å². The van der Waals surface area contributed by atoms with Gasteiger partial charge < -0.3 is 24.8 Å². The zero-order chi connectivity index (χ0) is 65.8. The van der Waals surface area contributed by atoms with Crippen LogP contribution in [0.5, 0.6) is 0 Å². The Morgan fingerprint density at radius 1 is 0.326 bits per heavy atom. The number of carbonyl (C=O) groups excluding carboxylic acids is 2. The number of hydrogen-bond donors (Lipinski definition) is 3. The maximum Gasteiger partial charge on any atom is 0.309 e. The van der Waals surface area contributed by atoms with E-state index in [9.17, 15) is 24.6 Å². The van der Waals surface area contributed by atoms with E-state index < -0.39 is 18.2 Å². The number of aliphatic carboxylic acids is 1. The van der Waals surface area contributed by atoms with Crippen molar-refractivity contribution < 1.29 is 39.2 Å². The van der Waals surface area contributed by atoms with Crippen LogP contribution in [-0.2, 0) is 23.9 Å². The first kappa shape index (κ1) is 69.5. The SMILES string of the molecule is CC(O)c1ccc(-c2c3ccccc3c(-c3ccc(C(C)O)cc3)c3ccccc23)cc1.CCCCC(CC)C(=O)O.CCCCC(CC)C(=O)OC(C)c1ccc(-c2c3ccccc3c(-c3ccc(C(C)OC(=O)C(CC)CCCC)cc3)c3ccccc23)cc1. The number of unbranched alkanes of at least 4 members (excludes halogenated alkanes) is 3. The minimum Gasteiger partial charge on any atom is -0.481 e. The number of esters is 2. The molecule has 8 heteroatoms. The number of carboxylic acid groups (broad SMARTS) is 1. The Hall–Kier alpha value is -8.43. The first-order chi connectivity index (χ1) is 44.6. The zero-order valence-corrected chi connectivity index (χ0v) is 55.9. The van der Waals surface area contributed by atoms with Crippen LogP contribution in [0.15, 0.2) is 194 Å². The summed E-state index contributed by atoms with van der Waals surface area (Å²) in [5, 5.41) is 38.0. The van der Waals surface area contributed by atoms with Crippen molar-refractivity contribution in [2.75, 3.05) is 0 Å². The first-order valence-electron chi connectivity index (χ1n) is 33.8. The molecule has 0 heterocycles. The molecule has 10 aromatic carbocycles. The summed E-state index contributed by atoms with van der Waals surface area (Å²) in [5.41, 5.74) is 13.1. The Morgan fingerprint density at radius 2 is 0.543 bits per heavy atom. The van der Waals surface area contributed by atoms with E-state index >= 15 is 0 Å². The molecule has 7 atom stereocenters. The summed E-state index contributed by atoms with van der Waals surface area (Å²) < 4.78 is 11.9. The van der Waals surface area contributed by atoms with Gasteiger partial charge in [-0.2, -0.15) is 0 Å². The molecule has 0 aliphatic carbocycles. The second-order valence-electron chi connectivity index (χ2n) is 24.8. The predicted octanol–water partition coefficient (Wildman–Crippen LogP) is 22.7. The van der Waals surface area contributed by atoms with Crippen LogP contribution in [0.25, 0.3) is 87.6 Å². The average molecular weight is 1230 g/mol. The molecule has 0 saturated heterocycles. The quantitative estimate of drug-likeness (QED) is 0.0381. The maximum absolute atomic E-state index is 12.9. The Labute approximate surface area is 546 Å². The molecule has 92 heavy (non-hydrogen) atoms. The number of carbonyl (C=O) groups is 3. The lowest BCUT2D eigenvalue weighted by molar-refractivity contribution is -0.155. The van der Waals surface area contributed by atoms with E-state index in [0.29, 0.717) is 0 Å². The van der Waals surface area contributed by atoms with E-state index in [1.54, 1.807) is 13.8 Å². The monoisotopic (exact) mass is 1230 g/mol. The summed E-state index contributed by atoms with van der Waals surface area (Å²) in [5.74, 6) is -1.03. The molecule has 0 aliphatic heterocycles. The van der Waals surface area contributed by atoms with Crippen molar-refractivity contribution >= 4 is 61.0 Å². The van der Waals surface area contributed by atoms with E-state index in [0.717, 1.165) is 122 Å². The van der Waals surface area contributed by atoms with Crippen LogP contribution in [0.1, 0.15) is 193 Å². The lowest BCUT2D eigenvalue weighted by atomic mass is 9.85. The third kappa shape index (κ3) is 16.8. The fourth-order valence-corrected chi connectivity index (χ4v) is 12.7. The predicted molar refractivity (Wildman–Crippen MR) is 382 cm³/mol. The van der Waals surface area contributed by atoms with Crippen LogP contribution in [0, 0.1) is 17.8 Å². The molecule has 0 amide bonds. The van der Waals surface area contributed by atoms with Crippen molar-refractivity contribution in [1.82, 2.24) is 0 Å². The number of aliphatic hydroxyl groups is 2. The number of aliphatic hydroxyl groups excluding tert-OH is 2. The van der Waals surface area contributed by atoms with Crippen molar-refractivity contribution in [2.24, 2.45) is 17.8 Å². The highest BCUT2D eigenvalue weighted by Crippen LogP contribution is 2.46. The van der Waals surface area contributed by atoms with Gasteiger partial charge in [0.1, 0.15) is 12.2 Å². The summed E-state index contributed by atoms with van der Waals surface area (Å²) >= 11 is 0. The van der Waals surface area contributed by atoms with Gasteiger partial charge in [-0.25, -0.2) is 0 Å². The van der Waals surface area contributed by atoms with Crippen LogP contribution in [0.2, 0.25) is 0 Å². The van der Waals surface area contributed by atoms with Gasteiger partial charge in [0.25, 0.3) is 0 Å². The van der Waals surface area contributed by atoms with Crippen molar-refractivity contribution in [3.8, 4) is 44.5 Å². The Bertz CT molecular complexity index is 3650. The average Bonchev–Trinajstić information content (AvgIpc) is 0.747. The standard InChI is InChI=1S/C46H54O4.C30H26O2.C8H16O2/c1-7-11-17-33(9-3)45(47)49-31(5)35-23-27-37(28-24-35)43-39-19-13-15-21-41(39)44(42-22-16-14-20-40(42)43)38-29-25-36(26-30-38)32(6)50-46(48)34(10-4)18-12-8-2;1-19(31)21-11-15-23(16-12-21)29-25-7-3-5-9-27(25)30(28-10-6-4-8-26(28)29)24-17-13-22(14-18-24)20(2)32;1-3-5-6-7(4-2)8(9)10/h13-16,19-34H,7-12,17-18H2,1-6H3;3-20,31-32H,1-2H3;7H,3-6H2,1-2H3,(H,9,10). The highest BCUT2D eigenvalue weighted by molar-refractivity contribution is 6.22. The van der Waals surface area contributed by atoms with Gasteiger partial charge in [0, 0.05) is 0 Å². The number of fused-ring (bicyclic) bond motifs is 4. The normalized spacial score (nSPS) is 13.6. The minimum absolute atomic E-state index is 0.0427. The molecule has 8 nitrogen and oxygen atoms in total. The lowest BCUT2D eigenvalue weighted by Gasteiger charge is -2.20. The molecule has 0 spiro atoms. The molecule has 10 aromatic rings. The number of rotatable bonds is 25. The smallest absolute Gasteiger partial charge is 0.309 e. The molecule has 480 valence electrons. The van der Waals surface area contributed by atoms with Gasteiger partial charge in [-0.1, -0.05) is 274 Å². The van der Waals surface area contributed by atoms with Gasteiger partial charge >= 0.3 is 17.9 Å². The minimum atomic E-state index is -0.643. The Balaban J connectivity index is 0.000000220. The Kier molecular flexibility index (Phi) is 25.5.